The molecule has 3 heterocycles. The Morgan fingerprint density at radius 1 is 1.21 bits per heavy atom. The molecule has 0 amide bonds. The Morgan fingerprint density at radius 3 is 2.79 bits per heavy atom. The van der Waals surface area contributed by atoms with Gasteiger partial charge in [0.2, 0.25) is 0 Å². The van der Waals surface area contributed by atoms with Crippen molar-refractivity contribution in [2.24, 2.45) is 0 Å². The second-order valence-corrected chi connectivity index (χ2v) is 6.06. The molecular formula is C14H24N4O. The zero-order chi connectivity index (χ0) is 13.1. The summed E-state index contributed by atoms with van der Waals surface area (Å²) in [4.78, 5) is 12.1. The van der Waals surface area contributed by atoms with Gasteiger partial charge in [-0.15, -0.1) is 0 Å². The van der Waals surface area contributed by atoms with Crippen LogP contribution in [0, 0.1) is 0 Å². The second-order valence-electron chi connectivity index (χ2n) is 6.06. The summed E-state index contributed by atoms with van der Waals surface area (Å²) >= 11 is 0. The summed E-state index contributed by atoms with van der Waals surface area (Å²) in [5, 5.41) is 10.7. The Bertz CT molecular complexity index is 388. The Balaban J connectivity index is 1.51. The van der Waals surface area contributed by atoms with Crippen LogP contribution in [0.4, 0.5) is 0 Å². The molecule has 0 bridgehead atoms. The first-order valence-electron chi connectivity index (χ1n) is 7.39. The predicted molar refractivity (Wildman–Crippen MR) is 73.7 cm³/mol. The van der Waals surface area contributed by atoms with Crippen LogP contribution in [0.15, 0.2) is 12.4 Å². The lowest BCUT2D eigenvalue weighted by molar-refractivity contribution is 0.00620. The summed E-state index contributed by atoms with van der Waals surface area (Å²) in [6, 6.07) is 0. The number of nitrogens with zero attached hydrogens (tertiary/aromatic N) is 3. The number of piperidine rings is 1. The van der Waals surface area contributed by atoms with E-state index in [1.54, 1.807) is 6.20 Å². The molecule has 5 heteroatoms. The number of H-pyrrole nitrogens is 1. The fourth-order valence-corrected chi connectivity index (χ4v) is 3.33. The summed E-state index contributed by atoms with van der Waals surface area (Å²) in [7, 11) is 0. The number of hydrogen-bond donors (Lipinski definition) is 2. The van der Waals surface area contributed by atoms with Gasteiger partial charge in [0.25, 0.3) is 0 Å². The smallest absolute Gasteiger partial charge is 0.120 e. The van der Waals surface area contributed by atoms with Crippen molar-refractivity contribution in [3.63, 3.8) is 0 Å². The second kappa shape index (κ2) is 5.61. The Kier molecular flexibility index (Phi) is 3.86. The van der Waals surface area contributed by atoms with Crippen molar-refractivity contribution < 1.29 is 5.11 Å². The van der Waals surface area contributed by atoms with E-state index in [2.05, 4.69) is 19.8 Å². The van der Waals surface area contributed by atoms with E-state index in [0.29, 0.717) is 0 Å². The number of imidazole rings is 1. The van der Waals surface area contributed by atoms with Gasteiger partial charge in [-0.3, -0.25) is 4.90 Å². The van der Waals surface area contributed by atoms with Gasteiger partial charge in [0.05, 0.1) is 12.1 Å². The lowest BCUT2D eigenvalue weighted by atomic mass is 10.0. The average Bonchev–Trinajstić information content (AvgIpc) is 3.02. The molecule has 2 aliphatic heterocycles. The van der Waals surface area contributed by atoms with Crippen LogP contribution in [0.25, 0.3) is 0 Å². The number of aromatic nitrogens is 2. The molecule has 1 aromatic rings. The molecule has 2 N–H and O–H groups in total. The lowest BCUT2D eigenvalue weighted by Gasteiger charge is -2.33. The molecule has 1 aromatic heterocycles. The molecule has 19 heavy (non-hydrogen) atoms. The van der Waals surface area contributed by atoms with Crippen molar-refractivity contribution in [2.45, 2.75) is 37.8 Å². The van der Waals surface area contributed by atoms with E-state index < -0.39 is 5.60 Å². The number of likely N-dealkylation sites (tertiary alicyclic amines) is 2. The molecule has 106 valence electrons. The van der Waals surface area contributed by atoms with Crippen LogP contribution in [0.1, 0.15) is 31.5 Å². The van der Waals surface area contributed by atoms with E-state index in [-0.39, 0.29) is 0 Å². The molecule has 2 aliphatic rings. The molecular weight excluding hydrogens is 240 g/mol. The average molecular weight is 264 g/mol. The minimum atomic E-state index is -0.524. The molecule has 1 atom stereocenters. The number of nitrogens with one attached hydrogen (secondary N) is 1. The fourth-order valence-electron chi connectivity index (χ4n) is 3.33. The molecule has 0 aliphatic carbocycles. The van der Waals surface area contributed by atoms with E-state index in [4.69, 9.17) is 0 Å². The quantitative estimate of drug-likeness (QED) is 0.846. The van der Waals surface area contributed by atoms with Gasteiger partial charge in [-0.05, 0) is 32.4 Å². The van der Waals surface area contributed by atoms with Gasteiger partial charge in [-0.1, -0.05) is 6.42 Å². The summed E-state index contributed by atoms with van der Waals surface area (Å²) in [5.41, 5.74) is -0.524. The maximum atomic E-state index is 10.7. The summed E-state index contributed by atoms with van der Waals surface area (Å²) in [6.07, 6.45) is 8.43. The summed E-state index contributed by atoms with van der Waals surface area (Å²) in [5.74, 6) is 0.988. The first-order chi connectivity index (χ1) is 9.23. The van der Waals surface area contributed by atoms with Crippen LogP contribution in [0.3, 0.4) is 0 Å². The highest BCUT2D eigenvalue weighted by molar-refractivity contribution is 4.96. The summed E-state index contributed by atoms with van der Waals surface area (Å²) < 4.78 is 0. The van der Waals surface area contributed by atoms with Crippen LogP contribution >= 0.6 is 0 Å². The normalized spacial score (nSPS) is 29.9. The lowest BCUT2D eigenvalue weighted by Crippen LogP contribution is -2.46. The maximum absolute atomic E-state index is 10.7. The zero-order valence-electron chi connectivity index (χ0n) is 11.5. The number of aromatic amines is 1. The van der Waals surface area contributed by atoms with Crippen molar-refractivity contribution in [1.82, 2.24) is 19.8 Å². The third-order valence-corrected chi connectivity index (χ3v) is 4.31. The van der Waals surface area contributed by atoms with Gasteiger partial charge < -0.3 is 15.0 Å². The number of rotatable bonds is 4. The highest BCUT2D eigenvalue weighted by atomic mass is 16.3. The highest BCUT2D eigenvalue weighted by Crippen LogP contribution is 2.24. The van der Waals surface area contributed by atoms with Crippen LogP contribution in [0.2, 0.25) is 0 Å². The Morgan fingerprint density at radius 2 is 2.05 bits per heavy atom. The summed E-state index contributed by atoms with van der Waals surface area (Å²) in [6.45, 7) is 5.69. The third-order valence-electron chi connectivity index (χ3n) is 4.31. The van der Waals surface area contributed by atoms with Gasteiger partial charge in [-0.2, -0.15) is 0 Å². The first-order valence-corrected chi connectivity index (χ1v) is 7.39. The Hall–Kier alpha value is -0.910. The molecule has 5 nitrogen and oxygen atoms in total. The zero-order valence-corrected chi connectivity index (χ0v) is 11.5. The van der Waals surface area contributed by atoms with Crippen molar-refractivity contribution in [3.05, 3.63) is 18.2 Å². The van der Waals surface area contributed by atoms with Crippen molar-refractivity contribution in [1.29, 1.82) is 0 Å². The SMILES string of the molecule is O[C@@]1(CN2CCCCC2)CCN(Cc2ncc[nH]2)C1. The fraction of sp³-hybridized carbons (Fsp3) is 0.786. The topological polar surface area (TPSA) is 55.4 Å². The highest BCUT2D eigenvalue weighted by Gasteiger charge is 2.37. The number of hydrogen-bond acceptors (Lipinski definition) is 4. The number of aliphatic hydroxyl groups is 1. The van der Waals surface area contributed by atoms with E-state index in [0.717, 1.165) is 51.5 Å². The molecule has 0 aromatic carbocycles. The van der Waals surface area contributed by atoms with Crippen molar-refractivity contribution in [3.8, 4) is 0 Å². The molecule has 0 radical (unpaired) electrons. The van der Waals surface area contributed by atoms with Crippen LogP contribution in [0.5, 0.6) is 0 Å². The molecule has 0 spiro atoms. The molecule has 3 rings (SSSR count). The van der Waals surface area contributed by atoms with Gasteiger partial charge in [-0.25, -0.2) is 4.98 Å². The molecule has 2 fully saturated rings. The van der Waals surface area contributed by atoms with Crippen LogP contribution in [-0.2, 0) is 6.54 Å². The van der Waals surface area contributed by atoms with Gasteiger partial charge in [0.1, 0.15) is 5.82 Å². The number of β-amino-alcohol motifs (C(OH)–C–C–N with tert-alkyl or cyclic N) is 1. The van der Waals surface area contributed by atoms with Gasteiger partial charge in [0.15, 0.2) is 0 Å². The minimum absolute atomic E-state index is 0.524. The van der Waals surface area contributed by atoms with Crippen molar-refractivity contribution in [2.75, 3.05) is 32.7 Å². The monoisotopic (exact) mass is 264 g/mol. The molecule has 0 saturated carbocycles. The Labute approximate surface area is 114 Å². The van der Waals surface area contributed by atoms with E-state index >= 15 is 0 Å². The minimum Gasteiger partial charge on any atom is -0.387 e. The van der Waals surface area contributed by atoms with Gasteiger partial charge >= 0.3 is 0 Å². The molecule has 0 unspecified atom stereocenters. The van der Waals surface area contributed by atoms with E-state index in [1.807, 2.05) is 6.20 Å². The largest absolute Gasteiger partial charge is 0.387 e. The van der Waals surface area contributed by atoms with Gasteiger partial charge in [0, 0.05) is 32.0 Å². The standard InChI is InChI=1S/C14H24N4O/c19-14(11-17-7-2-1-3-8-17)4-9-18(12-14)10-13-15-5-6-16-13/h5-6,19H,1-4,7-12H2,(H,15,16)/t14-/m1/s1. The third kappa shape index (κ3) is 3.35. The van der Waals surface area contributed by atoms with E-state index in [1.165, 1.54) is 19.3 Å². The van der Waals surface area contributed by atoms with E-state index in [9.17, 15) is 5.11 Å². The first kappa shape index (κ1) is 13.1. The van der Waals surface area contributed by atoms with Crippen LogP contribution < -0.4 is 0 Å². The van der Waals surface area contributed by atoms with Crippen LogP contribution in [-0.4, -0.2) is 63.2 Å². The molecule has 2 saturated heterocycles. The van der Waals surface area contributed by atoms with Crippen molar-refractivity contribution >= 4 is 0 Å². The predicted octanol–water partition coefficient (Wildman–Crippen LogP) is 0.832. The maximum Gasteiger partial charge on any atom is 0.120 e.